The topological polar surface area (TPSA) is 299 Å². The molecule has 10 atom stereocenters. The SMILES string of the molecule is C=C1C(=O)N[C@H](C)C(=O)N[C@@H](Cc2ccc(O)cc2)C(=O)NC(C(=O)O)[C@H](C)C(=O)NC(CC)C(=O)NC(/C=C/C(C)=C/[C@H](C)[C@H](Cc2ccccc2)OC)[C@H](C)C(=O)N[C@@H](C(=O)O)CCC(=O)N1C. The maximum atomic E-state index is 14.0. The number of rotatable bonds is 12. The molecular formula is C50H67N7O13. The second kappa shape index (κ2) is 27.0. The summed E-state index contributed by atoms with van der Waals surface area (Å²) in [6.07, 6.45) is 4.41. The molecule has 3 rings (SSSR count). The predicted molar refractivity (Wildman–Crippen MR) is 257 cm³/mol. The molecule has 20 nitrogen and oxygen atoms in total. The average Bonchev–Trinajstić information content (AvgIpc) is 3.32. The van der Waals surface area contributed by atoms with E-state index in [0.29, 0.717) is 12.0 Å². The summed E-state index contributed by atoms with van der Waals surface area (Å²) in [6, 6.07) is 6.52. The molecule has 9 N–H and O–H groups in total. The molecule has 1 aliphatic heterocycles. The highest BCUT2D eigenvalue weighted by Gasteiger charge is 2.37. The van der Waals surface area contributed by atoms with Gasteiger partial charge in [0.25, 0.3) is 5.91 Å². The number of carbonyl (C=O) groups is 9. The van der Waals surface area contributed by atoms with Crippen LogP contribution in [0.3, 0.4) is 0 Å². The lowest BCUT2D eigenvalue weighted by Crippen LogP contribution is -2.59. The zero-order valence-corrected chi connectivity index (χ0v) is 40.8. The Bertz CT molecular complexity index is 2280. The molecule has 0 saturated carbocycles. The van der Waals surface area contributed by atoms with Crippen molar-refractivity contribution in [2.75, 3.05) is 14.2 Å². The van der Waals surface area contributed by atoms with E-state index in [2.05, 4.69) is 38.5 Å². The minimum absolute atomic E-state index is 0.0207. The minimum atomic E-state index is -1.90. The van der Waals surface area contributed by atoms with Gasteiger partial charge in [-0.1, -0.05) is 101 Å². The van der Waals surface area contributed by atoms with Crippen LogP contribution in [0, 0.1) is 17.8 Å². The number of carboxylic acids is 2. The number of aromatic hydroxyl groups is 1. The summed E-state index contributed by atoms with van der Waals surface area (Å²) in [7, 11) is 2.82. The molecule has 20 heteroatoms. The van der Waals surface area contributed by atoms with Crippen LogP contribution < -0.4 is 31.9 Å². The van der Waals surface area contributed by atoms with Crippen molar-refractivity contribution in [1.82, 2.24) is 36.8 Å². The number of hydrogen-bond donors (Lipinski definition) is 9. The van der Waals surface area contributed by atoms with Crippen LogP contribution in [0.4, 0.5) is 0 Å². The summed E-state index contributed by atoms with van der Waals surface area (Å²) >= 11 is 0. The summed E-state index contributed by atoms with van der Waals surface area (Å²) in [5, 5.41) is 45.1. The number of ether oxygens (including phenoxy) is 1. The Labute approximate surface area is 407 Å². The molecule has 0 aliphatic carbocycles. The third-order valence-electron chi connectivity index (χ3n) is 12.1. The molecular weight excluding hydrogens is 907 g/mol. The minimum Gasteiger partial charge on any atom is -0.508 e. The number of aliphatic carboxylic acids is 2. The third kappa shape index (κ3) is 17.0. The van der Waals surface area contributed by atoms with Gasteiger partial charge in [0.05, 0.1) is 24.0 Å². The van der Waals surface area contributed by atoms with E-state index in [1.807, 2.05) is 43.3 Å². The summed E-state index contributed by atoms with van der Waals surface area (Å²) in [5.74, 6) is -12.2. The van der Waals surface area contributed by atoms with Gasteiger partial charge in [-0.05, 0) is 56.4 Å². The number of likely N-dealkylation sites (N-methyl/N-ethyl adjacent to an activating group) is 1. The normalized spacial score (nSPS) is 25.5. The largest absolute Gasteiger partial charge is 0.508 e. The Morgan fingerprint density at radius 2 is 1.39 bits per heavy atom. The number of carbonyl (C=O) groups excluding carboxylic acids is 7. The van der Waals surface area contributed by atoms with Gasteiger partial charge in [-0.2, -0.15) is 0 Å². The first-order valence-electron chi connectivity index (χ1n) is 22.9. The highest BCUT2D eigenvalue weighted by atomic mass is 16.5. The second-order valence-electron chi connectivity index (χ2n) is 17.5. The van der Waals surface area contributed by atoms with Crippen molar-refractivity contribution in [1.29, 1.82) is 0 Å². The van der Waals surface area contributed by atoms with E-state index < -0.39 is 120 Å². The molecule has 0 aromatic heterocycles. The number of phenols is 1. The number of benzene rings is 2. The van der Waals surface area contributed by atoms with Gasteiger partial charge in [0, 0.05) is 32.9 Å². The van der Waals surface area contributed by atoms with Gasteiger partial charge in [-0.15, -0.1) is 0 Å². The summed E-state index contributed by atoms with van der Waals surface area (Å²) in [4.78, 5) is 122. The molecule has 70 heavy (non-hydrogen) atoms. The Hall–Kier alpha value is -7.35. The fraction of sp³-hybridized carbons (Fsp3) is 0.460. The Morgan fingerprint density at radius 3 is 1.97 bits per heavy atom. The molecule has 2 aromatic rings. The predicted octanol–water partition coefficient (Wildman–Crippen LogP) is 1.88. The van der Waals surface area contributed by atoms with Gasteiger partial charge in [0.1, 0.15) is 41.7 Å². The number of phenolic OH excluding ortho intramolecular Hbond substituents is 1. The fourth-order valence-electron chi connectivity index (χ4n) is 7.41. The van der Waals surface area contributed by atoms with E-state index in [4.69, 9.17) is 4.74 Å². The quantitative estimate of drug-likeness (QED) is 0.109. The fourth-order valence-corrected chi connectivity index (χ4v) is 7.41. The van der Waals surface area contributed by atoms with Crippen LogP contribution in [0.1, 0.15) is 71.9 Å². The molecule has 0 spiro atoms. The van der Waals surface area contributed by atoms with Gasteiger partial charge in [-0.25, -0.2) is 9.59 Å². The molecule has 380 valence electrons. The number of amides is 7. The van der Waals surface area contributed by atoms with Crippen LogP contribution in [0.15, 0.2) is 90.7 Å². The van der Waals surface area contributed by atoms with Crippen LogP contribution in [-0.4, -0.2) is 130 Å². The molecule has 1 saturated heterocycles. The Balaban J connectivity index is 2.06. The number of nitrogens with zero attached hydrogens (tertiary/aromatic N) is 1. The monoisotopic (exact) mass is 973 g/mol. The number of nitrogens with one attached hydrogen (secondary N) is 6. The van der Waals surface area contributed by atoms with Crippen molar-refractivity contribution in [3.05, 3.63) is 102 Å². The van der Waals surface area contributed by atoms with Crippen molar-refractivity contribution < 1.29 is 63.2 Å². The average molecular weight is 974 g/mol. The zero-order chi connectivity index (χ0) is 52.4. The second-order valence-corrected chi connectivity index (χ2v) is 17.5. The zero-order valence-electron chi connectivity index (χ0n) is 40.8. The summed E-state index contributed by atoms with van der Waals surface area (Å²) in [6.45, 7) is 12.9. The van der Waals surface area contributed by atoms with Crippen LogP contribution >= 0.6 is 0 Å². The highest BCUT2D eigenvalue weighted by molar-refractivity contribution is 6.00. The highest BCUT2D eigenvalue weighted by Crippen LogP contribution is 2.19. The lowest BCUT2D eigenvalue weighted by Gasteiger charge is -2.28. The first-order valence-corrected chi connectivity index (χ1v) is 22.9. The first-order chi connectivity index (χ1) is 33.0. The van der Waals surface area contributed by atoms with Crippen LogP contribution in [-0.2, 0) is 60.7 Å². The van der Waals surface area contributed by atoms with E-state index in [1.54, 1.807) is 33.1 Å². The molecule has 1 aliphatic rings. The smallest absolute Gasteiger partial charge is 0.327 e. The lowest BCUT2D eigenvalue weighted by atomic mass is 9.94. The van der Waals surface area contributed by atoms with Crippen molar-refractivity contribution in [2.24, 2.45) is 17.8 Å². The molecule has 2 aromatic carbocycles. The third-order valence-corrected chi connectivity index (χ3v) is 12.1. The number of hydrogen-bond acceptors (Lipinski definition) is 11. The molecule has 1 fully saturated rings. The van der Waals surface area contributed by atoms with Crippen LogP contribution in [0.5, 0.6) is 5.75 Å². The first kappa shape index (κ1) is 57.0. The van der Waals surface area contributed by atoms with Crippen molar-refractivity contribution in [3.63, 3.8) is 0 Å². The number of methoxy groups -OCH3 is 1. The van der Waals surface area contributed by atoms with Gasteiger partial charge in [0.15, 0.2) is 0 Å². The van der Waals surface area contributed by atoms with Crippen LogP contribution in [0.2, 0.25) is 0 Å². The van der Waals surface area contributed by atoms with Crippen molar-refractivity contribution in [2.45, 2.75) is 116 Å². The van der Waals surface area contributed by atoms with Crippen molar-refractivity contribution >= 4 is 53.3 Å². The van der Waals surface area contributed by atoms with Gasteiger partial charge >= 0.3 is 11.9 Å². The van der Waals surface area contributed by atoms with E-state index in [0.717, 1.165) is 16.0 Å². The number of carboxylic acid groups (broad SMARTS) is 2. The molecule has 3 unspecified atom stereocenters. The molecule has 7 amide bonds. The van der Waals surface area contributed by atoms with Crippen LogP contribution in [0.25, 0.3) is 0 Å². The summed E-state index contributed by atoms with van der Waals surface area (Å²) in [5.41, 5.74) is 1.79. The lowest BCUT2D eigenvalue weighted by molar-refractivity contribution is -0.146. The Morgan fingerprint density at radius 1 is 0.786 bits per heavy atom. The van der Waals surface area contributed by atoms with Gasteiger partial charge in [0.2, 0.25) is 35.4 Å². The van der Waals surface area contributed by atoms with Gasteiger partial charge < -0.3 is 56.9 Å². The van der Waals surface area contributed by atoms with E-state index in [9.17, 15) is 58.5 Å². The van der Waals surface area contributed by atoms with E-state index in [1.165, 1.54) is 52.1 Å². The maximum absolute atomic E-state index is 14.0. The van der Waals surface area contributed by atoms with Gasteiger partial charge in [-0.3, -0.25) is 33.6 Å². The number of allylic oxidation sites excluding steroid dienone is 2. The van der Waals surface area contributed by atoms with Crippen molar-refractivity contribution in [3.8, 4) is 5.75 Å². The molecule has 1 heterocycles. The summed E-state index contributed by atoms with van der Waals surface area (Å²) < 4.78 is 5.80. The standard InChI is InChI=1S/C50H67N7O13/c1-10-36-47(64)53-37(21-16-27(2)24-28(3)40(70-9)26-33-14-12-11-13-15-33)29(4)43(60)54-38(49(66)67)22-23-41(59)57(8)32(7)46(63)51-31(6)45(62)55-39(25-34-17-19-35(58)20-18-34)48(65)56-42(50(68)69)30(5)44(61)52-36/h11-21,24,28-31,36-40,42,58H,7,10,22-23,25-26H2,1-6,8-9H3,(H,51,63)(H,52,61)(H,53,64)(H,54,60)(H,55,62)(H,56,65)(H,66,67)(H,68,69)/b21-16+,27-24+/t28-,29-,30-,31+,36?,37?,38+,39-,40-,42?/m0/s1. The molecule has 0 radical (unpaired) electrons. The van der Waals surface area contributed by atoms with E-state index >= 15 is 0 Å². The maximum Gasteiger partial charge on any atom is 0.327 e. The Kier molecular flexibility index (Phi) is 22.0. The molecule has 0 bridgehead atoms. The van der Waals surface area contributed by atoms with E-state index in [-0.39, 0.29) is 30.6 Å².